The average Bonchev–Trinajstić information content (AvgIpc) is 3.08. The zero-order chi connectivity index (χ0) is 20.5. The van der Waals surface area contributed by atoms with Gasteiger partial charge in [-0.3, -0.25) is 0 Å². The van der Waals surface area contributed by atoms with E-state index in [-0.39, 0.29) is 0 Å². The highest BCUT2D eigenvalue weighted by Gasteiger charge is 2.29. The van der Waals surface area contributed by atoms with Crippen LogP contribution in [0.25, 0.3) is 5.65 Å². The summed E-state index contributed by atoms with van der Waals surface area (Å²) in [5, 5.41) is 0. The third-order valence-electron chi connectivity index (χ3n) is 3.74. The van der Waals surface area contributed by atoms with Crippen LogP contribution in [0.15, 0.2) is 41.4 Å². The van der Waals surface area contributed by atoms with Crippen LogP contribution in [0, 0.1) is 0 Å². The van der Waals surface area contributed by atoms with Gasteiger partial charge in [-0.15, -0.1) is 0 Å². The highest BCUT2D eigenvalue weighted by atomic mass is 79.9. The molecule has 3 aromatic rings. The van der Waals surface area contributed by atoms with Crippen molar-refractivity contribution in [1.29, 1.82) is 0 Å². The van der Waals surface area contributed by atoms with Gasteiger partial charge >= 0.3 is 6.09 Å². The maximum Gasteiger partial charge on any atom is 0.420 e. The Morgan fingerprint density at radius 3 is 2.54 bits per heavy atom. The lowest BCUT2D eigenvalue weighted by atomic mass is 10.2. The number of hydrogen-bond acceptors (Lipinski definition) is 6. The van der Waals surface area contributed by atoms with Gasteiger partial charge in [0.2, 0.25) is 0 Å². The van der Waals surface area contributed by atoms with Gasteiger partial charge < -0.3 is 18.6 Å². The summed E-state index contributed by atoms with van der Waals surface area (Å²) in [7, 11) is 3.08. The number of rotatable bonds is 4. The summed E-state index contributed by atoms with van der Waals surface area (Å²) < 4.78 is 18.6. The number of aromatic nitrogens is 3. The zero-order valence-corrected chi connectivity index (χ0v) is 17.8. The lowest BCUT2D eigenvalue weighted by molar-refractivity contribution is 0.0598. The van der Waals surface area contributed by atoms with E-state index >= 15 is 0 Å². The third-order valence-corrected chi connectivity index (χ3v) is 4.12. The smallest absolute Gasteiger partial charge is 0.420 e. The van der Waals surface area contributed by atoms with E-state index in [1.54, 1.807) is 69.1 Å². The van der Waals surface area contributed by atoms with Crippen LogP contribution in [0.4, 0.5) is 16.3 Å². The Kier molecular flexibility index (Phi) is 5.46. The Hall–Kier alpha value is -2.81. The molecule has 8 nitrogen and oxygen atoms in total. The first-order valence-electron chi connectivity index (χ1n) is 8.48. The van der Waals surface area contributed by atoms with E-state index in [9.17, 15) is 4.79 Å². The van der Waals surface area contributed by atoms with Crippen LogP contribution < -0.4 is 14.4 Å². The topological polar surface area (TPSA) is 78.2 Å². The standard InChI is InChI=1S/C19H21BrN4O4/c1-19(2,3)28-18(25)24(12-6-7-13(26-4)14(10-12)27-5)17-16-21-8-9-23(16)11-15(20)22-17/h6-11H,1-5H3. The maximum absolute atomic E-state index is 13.1. The van der Waals surface area contributed by atoms with Crippen LogP contribution in [0.2, 0.25) is 0 Å². The number of carbonyl (C=O) groups is 1. The van der Waals surface area contributed by atoms with Gasteiger partial charge in [-0.2, -0.15) is 0 Å². The van der Waals surface area contributed by atoms with Crippen LogP contribution in [0.1, 0.15) is 20.8 Å². The predicted molar refractivity (Wildman–Crippen MR) is 109 cm³/mol. The van der Waals surface area contributed by atoms with Gasteiger partial charge in [0.1, 0.15) is 10.2 Å². The van der Waals surface area contributed by atoms with Gasteiger partial charge in [0.25, 0.3) is 0 Å². The van der Waals surface area contributed by atoms with Crippen LogP contribution in [0.5, 0.6) is 11.5 Å². The second kappa shape index (κ2) is 7.67. The van der Waals surface area contributed by atoms with Crippen molar-refractivity contribution >= 4 is 39.2 Å². The first-order chi connectivity index (χ1) is 13.2. The van der Waals surface area contributed by atoms with Crippen molar-refractivity contribution in [3.63, 3.8) is 0 Å². The van der Waals surface area contributed by atoms with Gasteiger partial charge in [0.15, 0.2) is 23.0 Å². The van der Waals surface area contributed by atoms with Crippen LogP contribution in [0.3, 0.4) is 0 Å². The average molecular weight is 449 g/mol. The molecule has 0 aliphatic rings. The lowest BCUT2D eigenvalue weighted by Crippen LogP contribution is -2.34. The minimum absolute atomic E-state index is 0.320. The molecule has 0 aliphatic carbocycles. The summed E-state index contributed by atoms with van der Waals surface area (Å²) in [5.74, 6) is 1.34. The molecular weight excluding hydrogens is 428 g/mol. The Balaban J connectivity index is 2.21. The molecule has 0 saturated carbocycles. The van der Waals surface area contributed by atoms with Crippen molar-refractivity contribution < 1.29 is 19.0 Å². The number of anilines is 2. The largest absolute Gasteiger partial charge is 0.493 e. The summed E-state index contributed by atoms with van der Waals surface area (Å²) in [5.41, 5.74) is 0.315. The highest BCUT2D eigenvalue weighted by Crippen LogP contribution is 2.36. The summed E-state index contributed by atoms with van der Waals surface area (Å²) in [6, 6.07) is 5.13. The van der Waals surface area contributed by atoms with Crippen molar-refractivity contribution in [3.8, 4) is 11.5 Å². The van der Waals surface area contributed by atoms with Gasteiger partial charge in [0, 0.05) is 24.7 Å². The molecule has 0 N–H and O–H groups in total. The van der Waals surface area contributed by atoms with E-state index in [1.807, 2.05) is 0 Å². The monoisotopic (exact) mass is 448 g/mol. The molecule has 148 valence electrons. The van der Waals surface area contributed by atoms with E-state index in [1.165, 1.54) is 12.0 Å². The zero-order valence-electron chi connectivity index (χ0n) is 16.3. The molecule has 3 rings (SSSR count). The fourth-order valence-electron chi connectivity index (χ4n) is 2.62. The molecule has 9 heteroatoms. The van der Waals surface area contributed by atoms with Crippen molar-refractivity contribution in [2.24, 2.45) is 0 Å². The molecule has 0 bridgehead atoms. The van der Waals surface area contributed by atoms with Crippen molar-refractivity contribution in [2.45, 2.75) is 26.4 Å². The second-order valence-corrected chi connectivity index (χ2v) is 7.71. The Morgan fingerprint density at radius 1 is 1.18 bits per heavy atom. The first kappa shape index (κ1) is 19.9. The van der Waals surface area contributed by atoms with E-state index in [0.29, 0.717) is 33.3 Å². The van der Waals surface area contributed by atoms with Crippen LogP contribution >= 0.6 is 15.9 Å². The minimum Gasteiger partial charge on any atom is -0.493 e. The number of hydrogen-bond donors (Lipinski definition) is 0. The van der Waals surface area contributed by atoms with Crippen LogP contribution in [-0.2, 0) is 4.74 Å². The first-order valence-corrected chi connectivity index (χ1v) is 9.27. The molecule has 1 aromatic carbocycles. The fraction of sp³-hybridized carbons (Fsp3) is 0.316. The molecule has 1 amide bonds. The Bertz CT molecular complexity index is 1010. The van der Waals surface area contributed by atoms with Crippen molar-refractivity contribution in [3.05, 3.63) is 41.4 Å². The number of fused-ring (bicyclic) bond motifs is 1. The number of ether oxygens (including phenoxy) is 3. The number of amides is 1. The minimum atomic E-state index is -0.691. The lowest BCUT2D eigenvalue weighted by Gasteiger charge is -2.27. The number of imidazole rings is 1. The molecule has 28 heavy (non-hydrogen) atoms. The normalized spacial score (nSPS) is 11.4. The number of carbonyl (C=O) groups excluding carboxylic acids is 1. The van der Waals surface area contributed by atoms with Gasteiger partial charge in [-0.05, 0) is 48.8 Å². The number of methoxy groups -OCH3 is 2. The van der Waals surface area contributed by atoms with Gasteiger partial charge in [-0.1, -0.05) is 0 Å². The summed E-state index contributed by atoms with van der Waals surface area (Å²) >= 11 is 3.39. The molecule has 2 heterocycles. The summed E-state index contributed by atoms with van der Waals surface area (Å²) in [4.78, 5) is 23.3. The number of benzene rings is 1. The van der Waals surface area contributed by atoms with E-state index in [0.717, 1.165) is 0 Å². The van der Waals surface area contributed by atoms with Crippen LogP contribution in [-0.4, -0.2) is 40.3 Å². The summed E-state index contributed by atoms with van der Waals surface area (Å²) in [6.07, 6.45) is 4.57. The Labute approximate surface area is 171 Å². The van der Waals surface area contributed by atoms with Gasteiger partial charge in [-0.25, -0.2) is 19.7 Å². The predicted octanol–water partition coefficient (Wildman–Crippen LogP) is 4.58. The molecule has 0 radical (unpaired) electrons. The molecule has 0 spiro atoms. The van der Waals surface area contributed by atoms with E-state index < -0.39 is 11.7 Å². The molecular formula is C19H21BrN4O4. The molecule has 0 aliphatic heterocycles. The molecule has 0 unspecified atom stereocenters. The molecule has 0 saturated heterocycles. The SMILES string of the molecule is COc1ccc(N(C(=O)OC(C)(C)C)c2nc(Br)cn3ccnc23)cc1OC. The van der Waals surface area contributed by atoms with Crippen molar-refractivity contribution in [2.75, 3.05) is 19.1 Å². The molecule has 2 aromatic heterocycles. The van der Waals surface area contributed by atoms with Gasteiger partial charge in [0.05, 0.1) is 19.9 Å². The fourth-order valence-corrected chi connectivity index (χ4v) is 3.01. The second-order valence-electron chi connectivity index (χ2n) is 6.90. The van der Waals surface area contributed by atoms with E-state index in [4.69, 9.17) is 14.2 Å². The third kappa shape index (κ3) is 4.04. The molecule has 0 fully saturated rings. The van der Waals surface area contributed by atoms with Crippen molar-refractivity contribution in [1.82, 2.24) is 14.4 Å². The highest BCUT2D eigenvalue weighted by molar-refractivity contribution is 9.10. The maximum atomic E-state index is 13.1. The summed E-state index contributed by atoms with van der Waals surface area (Å²) in [6.45, 7) is 5.41. The number of halogens is 1. The quantitative estimate of drug-likeness (QED) is 0.580. The Morgan fingerprint density at radius 2 is 1.89 bits per heavy atom. The van der Waals surface area contributed by atoms with E-state index in [2.05, 4.69) is 25.9 Å². The number of nitrogens with zero attached hydrogens (tertiary/aromatic N) is 4. The molecule has 0 atom stereocenters.